The van der Waals surface area contributed by atoms with Gasteiger partial charge < -0.3 is 14.5 Å². The van der Waals surface area contributed by atoms with Crippen LogP contribution in [0.4, 0.5) is 5.69 Å². The number of carbonyl (C=O) groups excluding carboxylic acids is 2. The first kappa shape index (κ1) is 15.9. The normalized spacial score (nSPS) is 17.8. The highest BCUT2D eigenvalue weighted by molar-refractivity contribution is 6.03. The van der Waals surface area contributed by atoms with E-state index in [1.807, 2.05) is 24.3 Å². The quantitative estimate of drug-likeness (QED) is 0.851. The maximum Gasteiger partial charge on any atom is 0.256 e. The van der Waals surface area contributed by atoms with E-state index in [1.165, 1.54) is 12.4 Å². The van der Waals surface area contributed by atoms with E-state index < -0.39 is 6.04 Å². The van der Waals surface area contributed by atoms with E-state index in [1.54, 1.807) is 29.9 Å². The smallest absolute Gasteiger partial charge is 0.256 e. The lowest BCUT2D eigenvalue weighted by Gasteiger charge is -2.39. The van der Waals surface area contributed by atoms with Crippen molar-refractivity contribution in [3.05, 3.63) is 48.3 Å². The topological polar surface area (TPSA) is 75.6 Å². The molecule has 0 N–H and O–H groups in total. The average molecular weight is 326 g/mol. The molecule has 2 amide bonds. The second-order valence-electron chi connectivity index (χ2n) is 5.49. The first-order valence-electron chi connectivity index (χ1n) is 7.65. The molecule has 1 aliphatic rings. The number of amides is 2. The average Bonchev–Trinajstić information content (AvgIpc) is 2.64. The van der Waals surface area contributed by atoms with Crippen molar-refractivity contribution in [1.82, 2.24) is 15.1 Å². The van der Waals surface area contributed by atoms with Crippen molar-refractivity contribution in [2.75, 3.05) is 25.1 Å². The summed E-state index contributed by atoms with van der Waals surface area (Å²) < 4.78 is 5.13. The van der Waals surface area contributed by atoms with Gasteiger partial charge in [0.1, 0.15) is 11.8 Å². The standard InChI is InChI=1S/C17H18N4O3/c1-12-16(22)21(14-3-5-15(24-2)6-4-14)10-9-20(12)17(23)13-7-8-18-19-11-13/h3-8,11-12H,9-10H2,1-2H3. The minimum atomic E-state index is -0.540. The van der Waals surface area contributed by atoms with Crippen LogP contribution in [0.2, 0.25) is 0 Å². The summed E-state index contributed by atoms with van der Waals surface area (Å²) >= 11 is 0. The summed E-state index contributed by atoms with van der Waals surface area (Å²) in [6, 6.07) is 8.37. The van der Waals surface area contributed by atoms with Crippen LogP contribution in [0.1, 0.15) is 17.3 Å². The van der Waals surface area contributed by atoms with E-state index >= 15 is 0 Å². The molecule has 1 saturated heterocycles. The molecule has 7 nitrogen and oxygen atoms in total. The Bertz CT molecular complexity index is 733. The Hall–Kier alpha value is -2.96. The minimum absolute atomic E-state index is 0.109. The highest BCUT2D eigenvalue weighted by Crippen LogP contribution is 2.23. The second kappa shape index (κ2) is 6.66. The molecule has 1 unspecified atom stereocenters. The van der Waals surface area contributed by atoms with E-state index in [0.717, 1.165) is 11.4 Å². The van der Waals surface area contributed by atoms with Crippen molar-refractivity contribution < 1.29 is 14.3 Å². The van der Waals surface area contributed by atoms with Gasteiger partial charge in [0.25, 0.3) is 5.91 Å². The molecule has 0 radical (unpaired) electrons. The molecule has 0 aliphatic carbocycles. The predicted molar refractivity (Wildman–Crippen MR) is 87.9 cm³/mol. The monoisotopic (exact) mass is 326 g/mol. The van der Waals surface area contributed by atoms with Crippen molar-refractivity contribution >= 4 is 17.5 Å². The van der Waals surface area contributed by atoms with Gasteiger partial charge in [-0.15, -0.1) is 0 Å². The summed E-state index contributed by atoms with van der Waals surface area (Å²) in [4.78, 5) is 28.5. The van der Waals surface area contributed by atoms with Crippen LogP contribution in [-0.2, 0) is 4.79 Å². The highest BCUT2D eigenvalue weighted by Gasteiger charge is 2.35. The van der Waals surface area contributed by atoms with E-state index in [0.29, 0.717) is 18.7 Å². The maximum absolute atomic E-state index is 12.7. The van der Waals surface area contributed by atoms with Gasteiger partial charge in [-0.1, -0.05) is 0 Å². The molecule has 1 fully saturated rings. The van der Waals surface area contributed by atoms with Crippen molar-refractivity contribution in [3.8, 4) is 5.75 Å². The van der Waals surface area contributed by atoms with Crippen molar-refractivity contribution in [1.29, 1.82) is 0 Å². The SMILES string of the molecule is COc1ccc(N2CCN(C(=O)c3ccnnc3)C(C)C2=O)cc1. The fourth-order valence-electron chi connectivity index (χ4n) is 2.75. The highest BCUT2D eigenvalue weighted by atomic mass is 16.5. The van der Waals surface area contributed by atoms with Crippen LogP contribution in [0.25, 0.3) is 0 Å². The lowest BCUT2D eigenvalue weighted by Crippen LogP contribution is -2.57. The van der Waals surface area contributed by atoms with Crippen LogP contribution in [0.3, 0.4) is 0 Å². The Morgan fingerprint density at radius 3 is 2.54 bits per heavy atom. The Kier molecular flexibility index (Phi) is 4.41. The molecule has 3 rings (SSSR count). The number of benzene rings is 1. The van der Waals surface area contributed by atoms with E-state index in [-0.39, 0.29) is 11.8 Å². The number of ether oxygens (including phenoxy) is 1. The van der Waals surface area contributed by atoms with Gasteiger partial charge in [0.05, 0.1) is 25.1 Å². The number of hydrogen-bond donors (Lipinski definition) is 0. The molecular formula is C17H18N4O3. The van der Waals surface area contributed by atoms with Gasteiger partial charge in [-0.3, -0.25) is 9.59 Å². The number of methoxy groups -OCH3 is 1. The molecule has 7 heteroatoms. The number of anilines is 1. The molecule has 1 aromatic heterocycles. The van der Waals surface area contributed by atoms with Crippen LogP contribution in [0.5, 0.6) is 5.75 Å². The number of piperazine rings is 1. The molecule has 0 saturated carbocycles. The van der Waals surface area contributed by atoms with Crippen LogP contribution in [0, 0.1) is 0 Å². The second-order valence-corrected chi connectivity index (χ2v) is 5.49. The van der Waals surface area contributed by atoms with Crippen molar-refractivity contribution in [2.24, 2.45) is 0 Å². The van der Waals surface area contributed by atoms with Crippen LogP contribution in [-0.4, -0.2) is 53.2 Å². The summed E-state index contributed by atoms with van der Waals surface area (Å²) in [5, 5.41) is 7.39. The molecule has 1 aliphatic heterocycles. The fraction of sp³-hybridized carbons (Fsp3) is 0.294. The number of carbonyl (C=O) groups is 2. The Labute approximate surface area is 139 Å². The zero-order valence-electron chi connectivity index (χ0n) is 13.5. The molecule has 2 aromatic rings. The summed E-state index contributed by atoms with van der Waals surface area (Å²) in [7, 11) is 1.60. The Morgan fingerprint density at radius 2 is 1.92 bits per heavy atom. The third-order valence-electron chi connectivity index (χ3n) is 4.13. The lowest BCUT2D eigenvalue weighted by atomic mass is 10.1. The van der Waals surface area contributed by atoms with Crippen molar-refractivity contribution in [3.63, 3.8) is 0 Å². The summed E-state index contributed by atoms with van der Waals surface area (Å²) in [5.74, 6) is 0.417. The number of nitrogens with zero attached hydrogens (tertiary/aromatic N) is 4. The van der Waals surface area contributed by atoms with Gasteiger partial charge in [-0.25, -0.2) is 0 Å². The molecule has 1 aromatic carbocycles. The van der Waals surface area contributed by atoms with Gasteiger partial charge in [0.2, 0.25) is 5.91 Å². The Balaban J connectivity index is 1.77. The van der Waals surface area contributed by atoms with Gasteiger partial charge in [0.15, 0.2) is 0 Å². The van der Waals surface area contributed by atoms with Gasteiger partial charge in [-0.05, 0) is 37.3 Å². The molecule has 1 atom stereocenters. The van der Waals surface area contributed by atoms with E-state index in [2.05, 4.69) is 10.2 Å². The zero-order chi connectivity index (χ0) is 17.1. The number of aromatic nitrogens is 2. The molecule has 2 heterocycles. The molecule has 0 spiro atoms. The maximum atomic E-state index is 12.7. The van der Waals surface area contributed by atoms with E-state index in [9.17, 15) is 9.59 Å². The van der Waals surface area contributed by atoms with Crippen molar-refractivity contribution in [2.45, 2.75) is 13.0 Å². The summed E-state index contributed by atoms with van der Waals surface area (Å²) in [5.41, 5.74) is 1.23. The number of rotatable bonds is 3. The van der Waals surface area contributed by atoms with Gasteiger partial charge in [0, 0.05) is 18.8 Å². The predicted octanol–water partition coefficient (Wildman–Crippen LogP) is 1.36. The summed E-state index contributed by atoms with van der Waals surface area (Å²) in [6.45, 7) is 2.64. The third kappa shape index (κ3) is 2.92. The zero-order valence-corrected chi connectivity index (χ0v) is 13.5. The first-order valence-corrected chi connectivity index (χ1v) is 7.65. The van der Waals surface area contributed by atoms with Crippen LogP contribution >= 0.6 is 0 Å². The molecule has 24 heavy (non-hydrogen) atoms. The molecular weight excluding hydrogens is 308 g/mol. The van der Waals surface area contributed by atoms with Gasteiger partial charge in [-0.2, -0.15) is 10.2 Å². The fourth-order valence-corrected chi connectivity index (χ4v) is 2.75. The first-order chi connectivity index (χ1) is 11.6. The number of hydrogen-bond acceptors (Lipinski definition) is 5. The van der Waals surface area contributed by atoms with Crippen LogP contribution in [0.15, 0.2) is 42.7 Å². The Morgan fingerprint density at radius 1 is 1.17 bits per heavy atom. The lowest BCUT2D eigenvalue weighted by molar-refractivity contribution is -0.124. The minimum Gasteiger partial charge on any atom is -0.497 e. The third-order valence-corrected chi connectivity index (χ3v) is 4.13. The summed E-state index contributed by atoms with van der Waals surface area (Å²) in [6.07, 6.45) is 2.88. The largest absolute Gasteiger partial charge is 0.497 e. The van der Waals surface area contributed by atoms with Crippen LogP contribution < -0.4 is 9.64 Å². The molecule has 124 valence electrons. The van der Waals surface area contributed by atoms with Gasteiger partial charge >= 0.3 is 0 Å². The molecule has 0 bridgehead atoms. The van der Waals surface area contributed by atoms with E-state index in [4.69, 9.17) is 4.74 Å².